The molecule has 0 radical (unpaired) electrons. The van der Waals surface area contributed by atoms with Crippen molar-refractivity contribution in [3.8, 4) is 0 Å². The van der Waals surface area contributed by atoms with E-state index in [1.54, 1.807) is 23.0 Å². The molecule has 2 nitrogen and oxygen atoms in total. The van der Waals surface area contributed by atoms with Crippen LogP contribution < -0.4 is 0 Å². The summed E-state index contributed by atoms with van der Waals surface area (Å²) in [6.07, 6.45) is 6.97. The highest BCUT2D eigenvalue weighted by atomic mass is 32.1. The molecule has 0 bridgehead atoms. The molecule has 1 heterocycles. The number of ketones is 1. The first kappa shape index (κ1) is 9.84. The van der Waals surface area contributed by atoms with Crippen molar-refractivity contribution >= 4 is 17.1 Å². The van der Waals surface area contributed by atoms with Gasteiger partial charge in [-0.05, 0) is 12.8 Å². The van der Waals surface area contributed by atoms with E-state index in [1.807, 2.05) is 0 Å². The zero-order chi connectivity index (χ0) is 10.0. The molecule has 1 saturated carbocycles. The second-order valence-corrected chi connectivity index (χ2v) is 5.31. The van der Waals surface area contributed by atoms with Crippen molar-refractivity contribution in [1.29, 1.82) is 0 Å². The minimum atomic E-state index is -0.0377. The van der Waals surface area contributed by atoms with Gasteiger partial charge in [0.2, 0.25) is 0 Å². The van der Waals surface area contributed by atoms with Gasteiger partial charge >= 0.3 is 0 Å². The van der Waals surface area contributed by atoms with Gasteiger partial charge in [0.15, 0.2) is 0 Å². The predicted molar refractivity (Wildman–Crippen MR) is 57.4 cm³/mol. The molecule has 1 fully saturated rings. The van der Waals surface area contributed by atoms with Crippen molar-refractivity contribution in [3.05, 3.63) is 16.6 Å². The Morgan fingerprint density at radius 2 is 2.29 bits per heavy atom. The maximum atomic E-state index is 12.0. The molecule has 1 aliphatic carbocycles. The van der Waals surface area contributed by atoms with Crippen molar-refractivity contribution in [2.45, 2.75) is 39.0 Å². The first-order valence-corrected chi connectivity index (χ1v) is 5.99. The molecule has 0 unspecified atom stereocenters. The van der Waals surface area contributed by atoms with E-state index in [2.05, 4.69) is 11.9 Å². The normalized spacial score (nSPS) is 19.8. The maximum absolute atomic E-state index is 12.0. The molecule has 1 aromatic heterocycles. The Balaban J connectivity index is 2.02. The molecule has 76 valence electrons. The number of Topliss-reactive ketones (excluding diaryl/α,β-unsaturated/α-hetero) is 1. The first-order valence-electron chi connectivity index (χ1n) is 5.11. The minimum Gasteiger partial charge on any atom is -0.299 e. The molecular weight excluding hydrogens is 194 g/mol. The second-order valence-electron chi connectivity index (χ2n) is 4.34. The summed E-state index contributed by atoms with van der Waals surface area (Å²) < 4.78 is 0. The van der Waals surface area contributed by atoms with Gasteiger partial charge in [-0.1, -0.05) is 19.8 Å². The summed E-state index contributed by atoms with van der Waals surface area (Å²) in [5.41, 5.74) is 1.75. The number of aromatic nitrogens is 1. The summed E-state index contributed by atoms with van der Waals surface area (Å²) in [5, 5.41) is 0. The zero-order valence-corrected chi connectivity index (χ0v) is 9.27. The van der Waals surface area contributed by atoms with E-state index in [1.165, 1.54) is 12.8 Å². The Bertz CT molecular complexity index is 312. The minimum absolute atomic E-state index is 0.0377. The molecule has 14 heavy (non-hydrogen) atoms. The van der Waals surface area contributed by atoms with Crippen LogP contribution in [0.1, 0.15) is 37.5 Å². The lowest BCUT2D eigenvalue weighted by Gasteiger charge is -2.20. The lowest BCUT2D eigenvalue weighted by molar-refractivity contribution is -0.126. The third-order valence-electron chi connectivity index (χ3n) is 3.20. The van der Waals surface area contributed by atoms with E-state index in [9.17, 15) is 4.79 Å². The fourth-order valence-electron chi connectivity index (χ4n) is 2.14. The smallest absolute Gasteiger partial charge is 0.143 e. The molecule has 0 saturated heterocycles. The molecule has 3 heteroatoms. The second kappa shape index (κ2) is 3.81. The quantitative estimate of drug-likeness (QED) is 0.766. The van der Waals surface area contributed by atoms with Gasteiger partial charge in [-0.2, -0.15) is 0 Å². The molecule has 0 spiro atoms. The van der Waals surface area contributed by atoms with Crippen LogP contribution in [0.15, 0.2) is 11.7 Å². The average molecular weight is 209 g/mol. The highest BCUT2D eigenvalue weighted by Gasteiger charge is 2.35. The van der Waals surface area contributed by atoms with Gasteiger partial charge in [0.25, 0.3) is 0 Å². The Hall–Kier alpha value is -0.700. The summed E-state index contributed by atoms with van der Waals surface area (Å²) in [6, 6.07) is 0. The van der Waals surface area contributed by atoms with Gasteiger partial charge < -0.3 is 0 Å². The SMILES string of the molecule is CC1(C(=O)Cc2cncs2)CCCC1. The summed E-state index contributed by atoms with van der Waals surface area (Å²) in [5.74, 6) is 0.402. The predicted octanol–water partition coefficient (Wildman–Crippen LogP) is 2.84. The lowest BCUT2D eigenvalue weighted by Crippen LogP contribution is -2.25. The van der Waals surface area contributed by atoms with Gasteiger partial charge in [-0.15, -0.1) is 11.3 Å². The number of carbonyl (C=O) groups excluding carboxylic acids is 1. The number of hydrogen-bond donors (Lipinski definition) is 0. The first-order chi connectivity index (χ1) is 6.71. The van der Waals surface area contributed by atoms with E-state index in [-0.39, 0.29) is 5.41 Å². The Kier molecular flexibility index (Phi) is 2.68. The molecule has 0 atom stereocenters. The van der Waals surface area contributed by atoms with Crippen LogP contribution in [0.5, 0.6) is 0 Å². The summed E-state index contributed by atoms with van der Waals surface area (Å²) in [7, 11) is 0. The van der Waals surface area contributed by atoms with Gasteiger partial charge in [0.1, 0.15) is 5.78 Å². The Labute approximate surface area is 88.4 Å². The van der Waals surface area contributed by atoms with Crippen molar-refractivity contribution in [2.75, 3.05) is 0 Å². The molecule has 1 aromatic rings. The van der Waals surface area contributed by atoms with Crippen LogP contribution in [0.25, 0.3) is 0 Å². The van der Waals surface area contributed by atoms with Crippen LogP contribution in [0.3, 0.4) is 0 Å². The Morgan fingerprint density at radius 3 is 2.86 bits per heavy atom. The number of nitrogens with zero attached hydrogens (tertiary/aromatic N) is 1. The highest BCUT2D eigenvalue weighted by Crippen LogP contribution is 2.39. The lowest BCUT2D eigenvalue weighted by atomic mass is 9.82. The van der Waals surface area contributed by atoms with Crippen molar-refractivity contribution in [3.63, 3.8) is 0 Å². The molecular formula is C11H15NOS. The Morgan fingerprint density at radius 1 is 1.57 bits per heavy atom. The van der Waals surface area contributed by atoms with E-state index in [0.29, 0.717) is 12.2 Å². The van der Waals surface area contributed by atoms with Crippen LogP contribution in [-0.4, -0.2) is 10.8 Å². The average Bonchev–Trinajstić information content (AvgIpc) is 2.76. The number of carbonyl (C=O) groups is 1. The van der Waals surface area contributed by atoms with E-state index >= 15 is 0 Å². The van der Waals surface area contributed by atoms with Gasteiger partial charge in [-0.3, -0.25) is 9.78 Å². The van der Waals surface area contributed by atoms with Gasteiger partial charge in [0, 0.05) is 22.9 Å². The molecule has 2 rings (SSSR count). The zero-order valence-electron chi connectivity index (χ0n) is 8.45. The fourth-order valence-corrected chi connectivity index (χ4v) is 2.73. The van der Waals surface area contributed by atoms with E-state index < -0.39 is 0 Å². The number of thiazole rings is 1. The van der Waals surface area contributed by atoms with Gasteiger partial charge in [-0.25, -0.2) is 0 Å². The van der Waals surface area contributed by atoms with Crippen LogP contribution in [0, 0.1) is 5.41 Å². The maximum Gasteiger partial charge on any atom is 0.143 e. The topological polar surface area (TPSA) is 30.0 Å². The van der Waals surface area contributed by atoms with Crippen LogP contribution in [0.4, 0.5) is 0 Å². The van der Waals surface area contributed by atoms with Crippen molar-refractivity contribution in [1.82, 2.24) is 4.98 Å². The van der Waals surface area contributed by atoms with Crippen molar-refractivity contribution in [2.24, 2.45) is 5.41 Å². The number of rotatable bonds is 3. The fraction of sp³-hybridized carbons (Fsp3) is 0.636. The molecule has 0 amide bonds. The molecule has 0 aromatic carbocycles. The third kappa shape index (κ3) is 1.87. The summed E-state index contributed by atoms with van der Waals surface area (Å²) in [4.78, 5) is 17.1. The molecule has 0 N–H and O–H groups in total. The standard InChI is InChI=1S/C11H15NOS/c1-11(4-2-3-5-11)10(13)6-9-7-12-8-14-9/h7-8H,2-6H2,1H3. The number of hydrogen-bond acceptors (Lipinski definition) is 3. The van der Waals surface area contributed by atoms with Crippen LogP contribution in [-0.2, 0) is 11.2 Å². The van der Waals surface area contributed by atoms with Crippen LogP contribution >= 0.6 is 11.3 Å². The van der Waals surface area contributed by atoms with Crippen molar-refractivity contribution < 1.29 is 4.79 Å². The third-order valence-corrected chi connectivity index (χ3v) is 3.98. The largest absolute Gasteiger partial charge is 0.299 e. The highest BCUT2D eigenvalue weighted by molar-refractivity contribution is 7.09. The molecule has 0 aliphatic heterocycles. The summed E-state index contributed by atoms with van der Waals surface area (Å²) >= 11 is 1.58. The van der Waals surface area contributed by atoms with E-state index in [0.717, 1.165) is 17.7 Å². The van der Waals surface area contributed by atoms with Gasteiger partial charge in [0.05, 0.1) is 5.51 Å². The monoisotopic (exact) mass is 209 g/mol. The van der Waals surface area contributed by atoms with Crippen LogP contribution in [0.2, 0.25) is 0 Å². The molecule has 1 aliphatic rings. The summed E-state index contributed by atoms with van der Waals surface area (Å²) in [6.45, 7) is 2.11. The van der Waals surface area contributed by atoms with E-state index in [4.69, 9.17) is 0 Å².